The van der Waals surface area contributed by atoms with Gasteiger partial charge in [-0.2, -0.15) is 0 Å². The van der Waals surface area contributed by atoms with Crippen LogP contribution in [0.25, 0.3) is 10.6 Å². The Kier molecular flexibility index (Phi) is 4.95. The molecule has 0 aliphatic heterocycles. The van der Waals surface area contributed by atoms with Crippen LogP contribution in [0.4, 0.5) is 4.39 Å². The van der Waals surface area contributed by atoms with Crippen LogP contribution in [0.2, 0.25) is 0 Å². The Morgan fingerprint density at radius 2 is 2.21 bits per heavy atom. The Morgan fingerprint density at radius 1 is 1.37 bits per heavy atom. The standard InChI is InChI=1S/C13H16FN3OS/c1-9-4-3-5-10(12(9)14)13-17-16-11(19-13)8-15-6-7-18-2/h3-5,15H,6-8H2,1-2H3. The number of aromatic nitrogens is 2. The summed E-state index contributed by atoms with van der Waals surface area (Å²) < 4.78 is 18.9. The van der Waals surface area contributed by atoms with Crippen LogP contribution in [0.1, 0.15) is 10.6 Å². The molecule has 2 aromatic rings. The zero-order valence-corrected chi connectivity index (χ0v) is 11.8. The molecule has 4 nitrogen and oxygen atoms in total. The van der Waals surface area contributed by atoms with Gasteiger partial charge in [0.2, 0.25) is 0 Å². The first kappa shape index (κ1) is 14.0. The maximum atomic E-state index is 14.0. The Balaban J connectivity index is 2.06. The van der Waals surface area contributed by atoms with Crippen molar-refractivity contribution in [3.63, 3.8) is 0 Å². The van der Waals surface area contributed by atoms with Crippen LogP contribution in [-0.4, -0.2) is 30.5 Å². The second kappa shape index (κ2) is 6.70. The van der Waals surface area contributed by atoms with Crippen LogP contribution in [0.3, 0.4) is 0 Å². The van der Waals surface area contributed by atoms with E-state index in [1.54, 1.807) is 26.2 Å². The van der Waals surface area contributed by atoms with Crippen LogP contribution in [0.15, 0.2) is 18.2 Å². The second-order valence-electron chi connectivity index (χ2n) is 4.11. The molecule has 0 spiro atoms. The smallest absolute Gasteiger partial charge is 0.150 e. The summed E-state index contributed by atoms with van der Waals surface area (Å²) >= 11 is 1.40. The van der Waals surface area contributed by atoms with Gasteiger partial charge in [0.05, 0.1) is 6.61 Å². The third-order valence-corrected chi connectivity index (χ3v) is 3.60. The van der Waals surface area contributed by atoms with Crippen LogP contribution in [0.5, 0.6) is 0 Å². The number of halogens is 1. The van der Waals surface area contributed by atoms with Gasteiger partial charge in [0.1, 0.15) is 10.8 Å². The van der Waals surface area contributed by atoms with Gasteiger partial charge in [-0.05, 0) is 18.6 Å². The van der Waals surface area contributed by atoms with Crippen molar-refractivity contribution in [3.8, 4) is 10.6 Å². The van der Waals surface area contributed by atoms with Gasteiger partial charge in [-0.1, -0.05) is 23.5 Å². The van der Waals surface area contributed by atoms with Crippen molar-refractivity contribution in [2.75, 3.05) is 20.3 Å². The second-order valence-corrected chi connectivity index (χ2v) is 5.17. The van der Waals surface area contributed by atoms with Crippen molar-refractivity contribution >= 4 is 11.3 Å². The van der Waals surface area contributed by atoms with Gasteiger partial charge in [0.25, 0.3) is 0 Å². The molecule has 19 heavy (non-hydrogen) atoms. The predicted octanol–water partition coefficient (Wildman–Crippen LogP) is 2.39. The van der Waals surface area contributed by atoms with Gasteiger partial charge in [0.15, 0.2) is 5.01 Å². The van der Waals surface area contributed by atoms with Gasteiger partial charge in [-0.25, -0.2) is 4.39 Å². The van der Waals surface area contributed by atoms with Gasteiger partial charge in [-0.3, -0.25) is 0 Å². The summed E-state index contributed by atoms with van der Waals surface area (Å²) in [5.41, 5.74) is 1.13. The maximum absolute atomic E-state index is 14.0. The Hall–Kier alpha value is -1.37. The van der Waals surface area contributed by atoms with E-state index in [1.165, 1.54) is 11.3 Å². The molecule has 0 atom stereocenters. The number of ether oxygens (including phenoxy) is 1. The number of nitrogens with one attached hydrogen (secondary N) is 1. The van der Waals surface area contributed by atoms with Gasteiger partial charge in [-0.15, -0.1) is 10.2 Å². The fraction of sp³-hybridized carbons (Fsp3) is 0.385. The Morgan fingerprint density at radius 3 is 3.00 bits per heavy atom. The number of hydrogen-bond acceptors (Lipinski definition) is 5. The third kappa shape index (κ3) is 3.56. The fourth-order valence-corrected chi connectivity index (χ4v) is 2.44. The van der Waals surface area contributed by atoms with Crippen LogP contribution in [0, 0.1) is 12.7 Å². The summed E-state index contributed by atoms with van der Waals surface area (Å²) in [6.45, 7) is 3.77. The predicted molar refractivity (Wildman–Crippen MR) is 73.6 cm³/mol. The van der Waals surface area contributed by atoms with E-state index in [0.29, 0.717) is 29.3 Å². The Labute approximate surface area is 115 Å². The van der Waals surface area contributed by atoms with E-state index in [9.17, 15) is 4.39 Å². The molecule has 0 fully saturated rings. The van der Waals surface area contributed by atoms with Crippen molar-refractivity contribution in [3.05, 3.63) is 34.6 Å². The third-order valence-electron chi connectivity index (χ3n) is 2.65. The monoisotopic (exact) mass is 281 g/mol. The molecular formula is C13H16FN3OS. The highest BCUT2D eigenvalue weighted by molar-refractivity contribution is 7.14. The minimum atomic E-state index is -0.224. The number of nitrogens with zero attached hydrogens (tertiary/aromatic N) is 2. The van der Waals surface area contributed by atoms with E-state index in [2.05, 4.69) is 15.5 Å². The molecule has 0 amide bonds. The zero-order chi connectivity index (χ0) is 13.7. The summed E-state index contributed by atoms with van der Waals surface area (Å²) in [5, 5.41) is 12.7. The van der Waals surface area contributed by atoms with Gasteiger partial charge in [0, 0.05) is 25.8 Å². The van der Waals surface area contributed by atoms with E-state index in [4.69, 9.17) is 4.74 Å². The summed E-state index contributed by atoms with van der Waals surface area (Å²) in [4.78, 5) is 0. The van der Waals surface area contributed by atoms with E-state index in [0.717, 1.165) is 11.6 Å². The number of aryl methyl sites for hydroxylation is 1. The molecule has 1 heterocycles. The molecule has 6 heteroatoms. The van der Waals surface area contributed by atoms with Crippen molar-refractivity contribution in [1.82, 2.24) is 15.5 Å². The first-order valence-electron chi connectivity index (χ1n) is 6.00. The average Bonchev–Trinajstić information content (AvgIpc) is 2.87. The van der Waals surface area contributed by atoms with Crippen molar-refractivity contribution < 1.29 is 9.13 Å². The van der Waals surface area contributed by atoms with Crippen molar-refractivity contribution in [2.45, 2.75) is 13.5 Å². The van der Waals surface area contributed by atoms with Gasteiger partial charge >= 0.3 is 0 Å². The van der Waals surface area contributed by atoms with Crippen LogP contribution >= 0.6 is 11.3 Å². The molecule has 2 rings (SSSR count). The summed E-state index contributed by atoms with van der Waals surface area (Å²) in [5.74, 6) is -0.224. The normalized spacial score (nSPS) is 10.9. The highest BCUT2D eigenvalue weighted by atomic mass is 32.1. The van der Waals surface area contributed by atoms with E-state index >= 15 is 0 Å². The topological polar surface area (TPSA) is 47.0 Å². The lowest BCUT2D eigenvalue weighted by Gasteiger charge is -2.01. The number of hydrogen-bond donors (Lipinski definition) is 1. The van der Waals surface area contributed by atoms with E-state index in [-0.39, 0.29) is 5.82 Å². The molecule has 1 aromatic carbocycles. The Bertz CT molecular complexity index is 544. The molecule has 102 valence electrons. The van der Waals surface area contributed by atoms with Crippen LogP contribution < -0.4 is 5.32 Å². The lowest BCUT2D eigenvalue weighted by Crippen LogP contribution is -2.18. The number of rotatable bonds is 6. The molecule has 0 saturated heterocycles. The summed E-state index contributed by atoms with van der Waals surface area (Å²) in [6.07, 6.45) is 0. The minimum Gasteiger partial charge on any atom is -0.383 e. The molecule has 0 unspecified atom stereocenters. The zero-order valence-electron chi connectivity index (χ0n) is 10.9. The minimum absolute atomic E-state index is 0.224. The van der Waals surface area contributed by atoms with Crippen LogP contribution in [-0.2, 0) is 11.3 Å². The molecule has 0 bridgehead atoms. The highest BCUT2D eigenvalue weighted by Gasteiger charge is 2.12. The molecular weight excluding hydrogens is 265 g/mol. The quantitative estimate of drug-likeness (QED) is 0.826. The molecule has 0 radical (unpaired) electrons. The molecule has 1 aromatic heterocycles. The molecule has 1 N–H and O–H groups in total. The number of benzene rings is 1. The van der Waals surface area contributed by atoms with Gasteiger partial charge < -0.3 is 10.1 Å². The molecule has 0 aliphatic carbocycles. The number of methoxy groups -OCH3 is 1. The van der Waals surface area contributed by atoms with E-state index in [1.807, 2.05) is 6.07 Å². The lowest BCUT2D eigenvalue weighted by molar-refractivity contribution is 0.199. The first-order chi connectivity index (χ1) is 9.22. The average molecular weight is 281 g/mol. The molecule has 0 saturated carbocycles. The highest BCUT2D eigenvalue weighted by Crippen LogP contribution is 2.27. The SMILES string of the molecule is COCCNCc1nnc(-c2cccc(C)c2F)s1. The van der Waals surface area contributed by atoms with Crippen molar-refractivity contribution in [2.24, 2.45) is 0 Å². The largest absolute Gasteiger partial charge is 0.383 e. The first-order valence-corrected chi connectivity index (χ1v) is 6.81. The summed E-state index contributed by atoms with van der Waals surface area (Å²) in [7, 11) is 1.66. The van der Waals surface area contributed by atoms with Crippen molar-refractivity contribution in [1.29, 1.82) is 0 Å². The molecule has 0 aliphatic rings. The summed E-state index contributed by atoms with van der Waals surface area (Å²) in [6, 6.07) is 5.30. The fourth-order valence-electron chi connectivity index (χ4n) is 1.62. The van der Waals surface area contributed by atoms with E-state index < -0.39 is 0 Å². The lowest BCUT2D eigenvalue weighted by atomic mass is 10.1. The maximum Gasteiger partial charge on any atom is 0.150 e.